The molecule has 37 heavy (non-hydrogen) atoms. The van der Waals surface area contributed by atoms with Crippen molar-refractivity contribution in [1.82, 2.24) is 15.3 Å². The van der Waals surface area contributed by atoms with Crippen LogP contribution in [0.3, 0.4) is 0 Å². The van der Waals surface area contributed by atoms with E-state index in [4.69, 9.17) is 0 Å². The summed E-state index contributed by atoms with van der Waals surface area (Å²) in [5.74, 6) is -1.54. The summed E-state index contributed by atoms with van der Waals surface area (Å²) in [5.41, 5.74) is 5.57. The topological polar surface area (TPSA) is 78.0 Å². The Morgan fingerprint density at radius 1 is 1.03 bits per heavy atom. The summed E-state index contributed by atoms with van der Waals surface area (Å²) in [6, 6.07) is 19.4. The zero-order valence-corrected chi connectivity index (χ0v) is 20.1. The molecule has 1 unspecified atom stereocenters. The average molecular weight is 498 g/mol. The minimum Gasteiger partial charge on any atom is -0.508 e. The Bertz CT molecular complexity index is 1580. The Balaban J connectivity index is 1.46. The molecule has 0 aliphatic heterocycles. The number of aromatic amines is 1. The van der Waals surface area contributed by atoms with Gasteiger partial charge >= 0.3 is 0 Å². The maximum atomic E-state index is 13.9. The molecule has 1 atom stereocenters. The average Bonchev–Trinajstić information content (AvgIpc) is 3.25. The van der Waals surface area contributed by atoms with Crippen LogP contribution in [0, 0.1) is 18.6 Å². The van der Waals surface area contributed by atoms with Crippen molar-refractivity contribution in [2.24, 2.45) is 0 Å². The molecule has 0 spiro atoms. The molecule has 0 aliphatic rings. The van der Waals surface area contributed by atoms with Crippen LogP contribution in [0.2, 0.25) is 0 Å². The number of benzene rings is 3. The number of phenols is 1. The van der Waals surface area contributed by atoms with Crippen LogP contribution in [0.5, 0.6) is 5.75 Å². The van der Waals surface area contributed by atoms with Crippen LogP contribution in [-0.4, -0.2) is 21.0 Å². The number of hydrogen-bond acceptors (Lipinski definition) is 3. The Labute approximate surface area is 212 Å². The largest absolute Gasteiger partial charge is 0.508 e. The maximum absolute atomic E-state index is 13.9. The smallest absolute Gasteiger partial charge is 0.225 e. The van der Waals surface area contributed by atoms with Gasteiger partial charge in [-0.3, -0.25) is 9.78 Å². The number of rotatable bonds is 7. The number of halogens is 2. The lowest BCUT2D eigenvalue weighted by atomic mass is 9.97. The van der Waals surface area contributed by atoms with Crippen LogP contribution in [0.25, 0.3) is 22.0 Å². The minimum absolute atomic E-state index is 0.0505. The second kappa shape index (κ2) is 10.2. The third-order valence-corrected chi connectivity index (χ3v) is 6.39. The molecule has 0 radical (unpaired) electrons. The van der Waals surface area contributed by atoms with E-state index in [2.05, 4.69) is 15.3 Å². The summed E-state index contributed by atoms with van der Waals surface area (Å²) >= 11 is 0. The molecule has 186 valence electrons. The highest BCUT2D eigenvalue weighted by atomic mass is 19.1. The van der Waals surface area contributed by atoms with Gasteiger partial charge in [-0.05, 0) is 83.6 Å². The van der Waals surface area contributed by atoms with Crippen molar-refractivity contribution in [3.63, 3.8) is 0 Å². The number of amides is 1. The predicted octanol–water partition coefficient (Wildman–Crippen LogP) is 6.16. The fraction of sp³-hybridized carbons (Fsp3) is 0.133. The van der Waals surface area contributed by atoms with Crippen LogP contribution in [0.1, 0.15) is 28.4 Å². The number of pyridine rings is 1. The summed E-state index contributed by atoms with van der Waals surface area (Å²) in [6.45, 7) is 2.02. The van der Waals surface area contributed by atoms with Gasteiger partial charge in [-0.2, -0.15) is 0 Å². The van der Waals surface area contributed by atoms with Crippen molar-refractivity contribution in [3.8, 4) is 16.9 Å². The van der Waals surface area contributed by atoms with Crippen LogP contribution in [0.4, 0.5) is 8.78 Å². The van der Waals surface area contributed by atoms with Crippen molar-refractivity contribution < 1.29 is 18.7 Å². The third kappa shape index (κ3) is 5.51. The molecule has 5 aromatic rings. The fourth-order valence-corrected chi connectivity index (χ4v) is 4.63. The van der Waals surface area contributed by atoms with E-state index < -0.39 is 17.7 Å². The molecule has 2 heterocycles. The second-order valence-electron chi connectivity index (χ2n) is 9.11. The first kappa shape index (κ1) is 24.2. The van der Waals surface area contributed by atoms with Crippen molar-refractivity contribution in [3.05, 3.63) is 119 Å². The predicted molar refractivity (Wildman–Crippen MR) is 139 cm³/mol. The monoisotopic (exact) mass is 497 g/mol. The van der Waals surface area contributed by atoms with E-state index in [0.29, 0.717) is 11.3 Å². The Morgan fingerprint density at radius 3 is 2.59 bits per heavy atom. The Hall–Kier alpha value is -4.52. The standard InChI is InChI=1S/C30H25F2N3O2/c1-18-4-2-3-5-25(18)20-8-9-33-28(13-20)29(12-19-10-22(31)15-23(32)11-19)35-30(37)14-21-17-34-27-7-6-24(36)16-26(21)27/h2-11,13,15-17,29,34,36H,12,14H2,1H3,(H,35,37). The number of H-pyrrole nitrogens is 1. The SMILES string of the molecule is Cc1ccccc1-c1ccnc(C(Cc2cc(F)cc(F)c2)NC(=O)Cc2c[nH]c3ccc(O)cc23)c1. The molecular weight excluding hydrogens is 472 g/mol. The number of nitrogens with one attached hydrogen (secondary N) is 2. The molecule has 0 bridgehead atoms. The first-order valence-electron chi connectivity index (χ1n) is 11.9. The number of aryl methyl sites for hydroxylation is 1. The van der Waals surface area contributed by atoms with Gasteiger partial charge in [0.1, 0.15) is 17.4 Å². The fourth-order valence-electron chi connectivity index (χ4n) is 4.63. The molecule has 0 saturated heterocycles. The van der Waals surface area contributed by atoms with Gasteiger partial charge in [0.25, 0.3) is 0 Å². The number of carbonyl (C=O) groups excluding carboxylic acids is 1. The third-order valence-electron chi connectivity index (χ3n) is 6.39. The number of nitrogens with zero attached hydrogens (tertiary/aromatic N) is 1. The van der Waals surface area contributed by atoms with Gasteiger partial charge < -0.3 is 15.4 Å². The molecule has 0 saturated carbocycles. The minimum atomic E-state index is -0.680. The van der Waals surface area contributed by atoms with Crippen molar-refractivity contribution >= 4 is 16.8 Å². The van der Waals surface area contributed by atoms with Gasteiger partial charge in [-0.25, -0.2) is 8.78 Å². The van der Waals surface area contributed by atoms with E-state index in [-0.39, 0.29) is 24.5 Å². The number of phenolic OH excluding ortho intramolecular Hbond substituents is 1. The van der Waals surface area contributed by atoms with Crippen molar-refractivity contribution in [2.45, 2.75) is 25.8 Å². The van der Waals surface area contributed by atoms with Crippen LogP contribution in [0.15, 0.2) is 85.2 Å². The quantitative estimate of drug-likeness (QED) is 0.252. The van der Waals surface area contributed by atoms with E-state index in [0.717, 1.165) is 39.2 Å². The summed E-state index contributed by atoms with van der Waals surface area (Å²) < 4.78 is 27.9. The van der Waals surface area contributed by atoms with E-state index in [1.165, 1.54) is 12.1 Å². The lowest BCUT2D eigenvalue weighted by Gasteiger charge is -2.20. The highest BCUT2D eigenvalue weighted by molar-refractivity contribution is 5.89. The summed E-state index contributed by atoms with van der Waals surface area (Å²) in [4.78, 5) is 20.8. The molecule has 3 N–H and O–H groups in total. The molecule has 5 nitrogen and oxygen atoms in total. The zero-order valence-electron chi connectivity index (χ0n) is 20.1. The number of hydrogen-bond donors (Lipinski definition) is 3. The Morgan fingerprint density at radius 2 is 1.81 bits per heavy atom. The first-order valence-corrected chi connectivity index (χ1v) is 11.9. The van der Waals surface area contributed by atoms with Gasteiger partial charge in [0.05, 0.1) is 18.2 Å². The summed E-state index contributed by atoms with van der Waals surface area (Å²) in [7, 11) is 0. The maximum Gasteiger partial charge on any atom is 0.225 e. The zero-order chi connectivity index (χ0) is 25.9. The number of carbonyl (C=O) groups is 1. The second-order valence-corrected chi connectivity index (χ2v) is 9.11. The van der Waals surface area contributed by atoms with Crippen LogP contribution >= 0.6 is 0 Å². The molecule has 7 heteroatoms. The molecule has 0 aliphatic carbocycles. The molecule has 3 aromatic carbocycles. The molecule has 0 fully saturated rings. The van der Waals surface area contributed by atoms with E-state index >= 15 is 0 Å². The highest BCUT2D eigenvalue weighted by Crippen LogP contribution is 2.27. The molecule has 2 aromatic heterocycles. The van der Waals surface area contributed by atoms with Crippen LogP contribution in [-0.2, 0) is 17.6 Å². The van der Waals surface area contributed by atoms with E-state index in [1.54, 1.807) is 30.6 Å². The van der Waals surface area contributed by atoms with E-state index in [1.807, 2.05) is 43.3 Å². The van der Waals surface area contributed by atoms with Crippen molar-refractivity contribution in [1.29, 1.82) is 0 Å². The number of aromatic hydroxyl groups is 1. The lowest BCUT2D eigenvalue weighted by molar-refractivity contribution is -0.121. The number of fused-ring (bicyclic) bond motifs is 1. The van der Waals surface area contributed by atoms with Gasteiger partial charge in [-0.15, -0.1) is 0 Å². The highest BCUT2D eigenvalue weighted by Gasteiger charge is 2.20. The lowest BCUT2D eigenvalue weighted by Crippen LogP contribution is -2.31. The van der Waals surface area contributed by atoms with Gasteiger partial charge in [0.15, 0.2) is 0 Å². The van der Waals surface area contributed by atoms with Crippen molar-refractivity contribution in [2.75, 3.05) is 0 Å². The van der Waals surface area contributed by atoms with Crippen LogP contribution < -0.4 is 5.32 Å². The number of aromatic nitrogens is 2. The van der Waals surface area contributed by atoms with E-state index in [9.17, 15) is 18.7 Å². The van der Waals surface area contributed by atoms with Gasteiger partial charge in [0, 0.05) is 29.4 Å². The summed E-state index contributed by atoms with van der Waals surface area (Å²) in [6.07, 6.45) is 3.61. The molecule has 5 rings (SSSR count). The summed E-state index contributed by atoms with van der Waals surface area (Å²) in [5, 5.41) is 13.6. The first-order chi connectivity index (χ1) is 17.9. The molecular formula is C30H25F2N3O2. The Kier molecular flexibility index (Phi) is 6.68. The van der Waals surface area contributed by atoms with Gasteiger partial charge in [-0.1, -0.05) is 24.3 Å². The molecule has 1 amide bonds. The normalized spacial score (nSPS) is 12.0. The van der Waals surface area contributed by atoms with Gasteiger partial charge in [0.2, 0.25) is 5.91 Å².